The van der Waals surface area contributed by atoms with Gasteiger partial charge in [0.15, 0.2) is 5.82 Å². The lowest BCUT2D eigenvalue weighted by Crippen LogP contribution is -2.32. The van der Waals surface area contributed by atoms with Crippen molar-refractivity contribution in [2.24, 2.45) is 0 Å². The maximum Gasteiger partial charge on any atom is 0.407 e. The minimum atomic E-state index is -0.503. The number of thiophene rings is 1. The number of amides is 1. The van der Waals surface area contributed by atoms with Crippen LogP contribution in [0.25, 0.3) is 21.3 Å². The average Bonchev–Trinajstić information content (AvgIpc) is 3.56. The van der Waals surface area contributed by atoms with E-state index in [0.717, 1.165) is 71.5 Å². The molecule has 0 fully saturated rings. The highest BCUT2D eigenvalue weighted by Gasteiger charge is 2.18. The van der Waals surface area contributed by atoms with Crippen LogP contribution in [0.3, 0.4) is 0 Å². The van der Waals surface area contributed by atoms with Crippen molar-refractivity contribution in [3.8, 4) is 0 Å². The number of unbranched alkanes of at least 4 members (excludes halogenated alkanes) is 1. The first-order valence-corrected chi connectivity index (χ1v) is 15.4. The number of rotatable bonds is 11. The van der Waals surface area contributed by atoms with E-state index in [0.29, 0.717) is 12.4 Å². The predicted octanol–water partition coefficient (Wildman–Crippen LogP) is 6.93. The molecule has 0 saturated heterocycles. The monoisotopic (exact) mass is 584 g/mol. The van der Waals surface area contributed by atoms with E-state index < -0.39 is 11.7 Å². The van der Waals surface area contributed by atoms with E-state index in [-0.39, 0.29) is 0 Å². The molecule has 4 N–H and O–H groups in total. The van der Waals surface area contributed by atoms with Crippen molar-refractivity contribution in [1.29, 1.82) is 0 Å². The third kappa shape index (κ3) is 7.27. The zero-order valence-corrected chi connectivity index (χ0v) is 25.7. The fraction of sp³-hybridized carbons (Fsp3) is 0.364. The number of imidazole rings is 1. The van der Waals surface area contributed by atoms with E-state index in [2.05, 4.69) is 68.9 Å². The van der Waals surface area contributed by atoms with Gasteiger partial charge >= 0.3 is 6.09 Å². The van der Waals surface area contributed by atoms with E-state index in [1.807, 2.05) is 39.0 Å². The normalized spacial score (nSPS) is 11.8. The molecule has 0 aliphatic rings. The van der Waals surface area contributed by atoms with Crippen LogP contribution in [-0.2, 0) is 37.3 Å². The Labute approximate surface area is 251 Å². The summed E-state index contributed by atoms with van der Waals surface area (Å²) >= 11 is 1.69. The molecule has 5 rings (SSSR count). The molecule has 0 spiro atoms. The Morgan fingerprint density at radius 3 is 2.17 bits per heavy atom. The second-order valence-corrected chi connectivity index (χ2v) is 12.6. The molecule has 1 amide bonds. The molecule has 2 aromatic carbocycles. The lowest BCUT2D eigenvalue weighted by atomic mass is 10.1. The second-order valence-electron chi connectivity index (χ2n) is 11.6. The Hall–Kier alpha value is -3.95. The fourth-order valence-electron chi connectivity index (χ4n) is 4.91. The first kappa shape index (κ1) is 29.5. The molecule has 5 aromatic rings. The van der Waals surface area contributed by atoms with E-state index in [4.69, 9.17) is 15.5 Å². The van der Waals surface area contributed by atoms with Gasteiger partial charge in [-0.25, -0.2) is 14.8 Å². The molecule has 0 atom stereocenters. The van der Waals surface area contributed by atoms with Crippen LogP contribution in [-0.4, -0.2) is 26.2 Å². The fourth-order valence-corrected chi connectivity index (χ4v) is 5.80. The van der Waals surface area contributed by atoms with Crippen molar-refractivity contribution in [1.82, 2.24) is 25.2 Å². The number of alkyl carbamates (subject to hydrolysis) is 1. The Morgan fingerprint density at radius 1 is 0.929 bits per heavy atom. The number of hydrogen-bond donors (Lipinski definition) is 3. The van der Waals surface area contributed by atoms with Gasteiger partial charge in [-0.1, -0.05) is 61.9 Å². The van der Waals surface area contributed by atoms with E-state index in [1.54, 1.807) is 11.3 Å². The Kier molecular flexibility index (Phi) is 9.09. The zero-order valence-electron chi connectivity index (χ0n) is 24.9. The molecule has 8 nitrogen and oxygen atoms in total. The molecule has 0 unspecified atom stereocenters. The summed E-state index contributed by atoms with van der Waals surface area (Å²) in [6.45, 7) is 10.5. The first-order chi connectivity index (χ1) is 20.2. The number of carbonyl (C=O) groups is 1. The molecule has 0 saturated carbocycles. The topological polar surface area (TPSA) is 107 Å². The van der Waals surface area contributed by atoms with Gasteiger partial charge in [0, 0.05) is 32.6 Å². The molecule has 9 heteroatoms. The van der Waals surface area contributed by atoms with Gasteiger partial charge in [0.1, 0.15) is 16.9 Å². The lowest BCUT2D eigenvalue weighted by Gasteiger charge is -2.19. The van der Waals surface area contributed by atoms with Gasteiger partial charge in [-0.05, 0) is 60.9 Å². The number of benzene rings is 2. The van der Waals surface area contributed by atoms with Gasteiger partial charge in [-0.2, -0.15) is 0 Å². The molecule has 3 aromatic heterocycles. The number of hydrogen-bond acceptors (Lipinski definition) is 7. The van der Waals surface area contributed by atoms with Gasteiger partial charge < -0.3 is 25.7 Å². The van der Waals surface area contributed by atoms with Crippen molar-refractivity contribution in [3.05, 3.63) is 88.1 Å². The van der Waals surface area contributed by atoms with Gasteiger partial charge in [-0.15, -0.1) is 11.3 Å². The number of nitrogen functional groups attached to an aromatic ring is 1. The summed E-state index contributed by atoms with van der Waals surface area (Å²) < 4.78 is 8.77. The molecule has 0 bridgehead atoms. The Bertz CT molecular complexity index is 1650. The SMILES string of the molecule is CCCCc1nc2c(N)nc3ccsc3c2n1Cc1ccc(CNCc2ccc(CNC(=O)OC(C)(C)C)cc2)cc1. The molecule has 42 heavy (non-hydrogen) atoms. The van der Waals surface area contributed by atoms with Crippen LogP contribution < -0.4 is 16.4 Å². The molecule has 0 aliphatic heterocycles. The summed E-state index contributed by atoms with van der Waals surface area (Å²) in [6, 6.07) is 19.0. The number of nitrogens with two attached hydrogens (primary N) is 1. The van der Waals surface area contributed by atoms with Gasteiger partial charge in [-0.3, -0.25) is 0 Å². The van der Waals surface area contributed by atoms with Crippen LogP contribution in [0.2, 0.25) is 0 Å². The average molecular weight is 585 g/mol. The van der Waals surface area contributed by atoms with Crippen LogP contribution in [0, 0.1) is 0 Å². The van der Waals surface area contributed by atoms with E-state index >= 15 is 0 Å². The Balaban J connectivity index is 1.19. The van der Waals surface area contributed by atoms with Crippen molar-refractivity contribution < 1.29 is 9.53 Å². The third-order valence-electron chi connectivity index (χ3n) is 7.02. The van der Waals surface area contributed by atoms with Crippen molar-refractivity contribution in [2.75, 3.05) is 5.73 Å². The highest BCUT2D eigenvalue weighted by molar-refractivity contribution is 7.18. The van der Waals surface area contributed by atoms with Crippen molar-refractivity contribution in [3.63, 3.8) is 0 Å². The number of aromatic nitrogens is 3. The number of pyridine rings is 1. The van der Waals surface area contributed by atoms with E-state index in [9.17, 15) is 4.79 Å². The minimum Gasteiger partial charge on any atom is -0.444 e. The van der Waals surface area contributed by atoms with Crippen LogP contribution in [0.15, 0.2) is 60.0 Å². The zero-order chi connectivity index (χ0) is 29.7. The summed E-state index contributed by atoms with van der Waals surface area (Å²) in [6.07, 6.45) is 2.71. The summed E-state index contributed by atoms with van der Waals surface area (Å²) in [5.41, 5.74) is 13.3. The second kappa shape index (κ2) is 12.9. The maximum atomic E-state index is 11.9. The number of nitrogens with one attached hydrogen (secondary N) is 2. The van der Waals surface area contributed by atoms with Gasteiger partial charge in [0.05, 0.1) is 15.7 Å². The number of aryl methyl sites for hydroxylation is 1. The van der Waals surface area contributed by atoms with Crippen molar-refractivity contribution >= 4 is 44.5 Å². The summed E-state index contributed by atoms with van der Waals surface area (Å²) in [7, 11) is 0. The lowest BCUT2D eigenvalue weighted by molar-refractivity contribution is 0.0523. The highest BCUT2D eigenvalue weighted by atomic mass is 32.1. The van der Waals surface area contributed by atoms with Crippen LogP contribution in [0.1, 0.15) is 68.6 Å². The molecular formula is C33H40N6O2S. The maximum absolute atomic E-state index is 11.9. The largest absolute Gasteiger partial charge is 0.444 e. The molecule has 0 aliphatic carbocycles. The summed E-state index contributed by atoms with van der Waals surface area (Å²) in [5.74, 6) is 1.57. The molecule has 220 valence electrons. The number of fused-ring (bicyclic) bond motifs is 3. The Morgan fingerprint density at radius 2 is 1.55 bits per heavy atom. The third-order valence-corrected chi connectivity index (χ3v) is 7.93. The summed E-state index contributed by atoms with van der Waals surface area (Å²) in [4.78, 5) is 21.4. The summed E-state index contributed by atoms with van der Waals surface area (Å²) in [5, 5.41) is 8.40. The van der Waals surface area contributed by atoms with Crippen LogP contribution >= 0.6 is 11.3 Å². The van der Waals surface area contributed by atoms with E-state index in [1.165, 1.54) is 16.7 Å². The van der Waals surface area contributed by atoms with Gasteiger partial charge in [0.25, 0.3) is 0 Å². The number of ether oxygens (including phenoxy) is 1. The number of carbonyl (C=O) groups excluding carboxylic acids is 1. The first-order valence-electron chi connectivity index (χ1n) is 14.5. The van der Waals surface area contributed by atoms with Crippen LogP contribution in [0.5, 0.6) is 0 Å². The molecule has 3 heterocycles. The standard InChI is InChI=1S/C33H40N6O2S/c1-5-6-7-27-38-28-29(30-26(16-17-42-30)37-31(28)34)39(27)21-25-14-12-23(13-15-25)19-35-18-22-8-10-24(11-9-22)20-36-32(40)41-33(2,3)4/h8-17,35H,5-7,18-21H2,1-4H3,(H2,34,37)(H,36,40). The minimum absolute atomic E-state index is 0.406. The smallest absolute Gasteiger partial charge is 0.407 e. The molecule has 0 radical (unpaired) electrons. The van der Waals surface area contributed by atoms with Crippen molar-refractivity contribution in [2.45, 2.75) is 78.7 Å². The molecular weight excluding hydrogens is 544 g/mol. The quantitative estimate of drug-likeness (QED) is 0.155. The number of anilines is 1. The predicted molar refractivity (Wildman–Crippen MR) is 172 cm³/mol. The highest BCUT2D eigenvalue weighted by Crippen LogP contribution is 2.33. The number of nitrogens with zero attached hydrogens (tertiary/aromatic N) is 3. The van der Waals surface area contributed by atoms with Crippen LogP contribution in [0.4, 0.5) is 10.6 Å². The van der Waals surface area contributed by atoms with Gasteiger partial charge in [0.2, 0.25) is 0 Å².